The third-order valence-corrected chi connectivity index (χ3v) is 2.80. The maximum absolute atomic E-state index is 13.5. The minimum Gasteiger partial charge on any atom is -0.466 e. The van der Waals surface area contributed by atoms with Crippen molar-refractivity contribution in [3.8, 4) is 0 Å². The molecule has 0 N–H and O–H groups in total. The van der Waals surface area contributed by atoms with Crippen molar-refractivity contribution in [3.05, 3.63) is 35.1 Å². The second-order valence-electron chi connectivity index (χ2n) is 4.64. The van der Waals surface area contributed by atoms with E-state index in [0.717, 1.165) is 12.1 Å². The topological polar surface area (TPSA) is 52.6 Å². The van der Waals surface area contributed by atoms with Crippen LogP contribution in [0.5, 0.6) is 0 Å². The predicted octanol–water partition coefficient (Wildman–Crippen LogP) is 3.62. The number of hydrogen-bond donors (Lipinski definition) is 0. The Morgan fingerprint density at radius 1 is 1.09 bits per heavy atom. The predicted molar refractivity (Wildman–Crippen MR) is 71.7 cm³/mol. The van der Waals surface area contributed by atoms with Crippen molar-refractivity contribution in [3.63, 3.8) is 0 Å². The normalized spacial score (nSPS) is 11.2. The summed E-state index contributed by atoms with van der Waals surface area (Å²) >= 11 is 0. The zero-order valence-electron chi connectivity index (χ0n) is 12.4. The SMILES string of the molecule is CCCOC(=O)CCC(=O)OCc1c(F)cccc1C(F)(F)F. The lowest BCUT2D eigenvalue weighted by Crippen LogP contribution is -2.14. The van der Waals surface area contributed by atoms with Gasteiger partial charge in [-0.1, -0.05) is 13.0 Å². The van der Waals surface area contributed by atoms with Gasteiger partial charge in [0.2, 0.25) is 0 Å². The van der Waals surface area contributed by atoms with E-state index in [1.165, 1.54) is 0 Å². The highest BCUT2D eigenvalue weighted by Gasteiger charge is 2.34. The Hall–Kier alpha value is -2.12. The van der Waals surface area contributed by atoms with E-state index >= 15 is 0 Å². The first-order valence-electron chi connectivity index (χ1n) is 6.91. The molecule has 0 saturated carbocycles. The number of benzene rings is 1. The largest absolute Gasteiger partial charge is 0.466 e. The van der Waals surface area contributed by atoms with Crippen molar-refractivity contribution >= 4 is 11.9 Å². The van der Waals surface area contributed by atoms with Crippen LogP contribution in [0.4, 0.5) is 17.6 Å². The summed E-state index contributed by atoms with van der Waals surface area (Å²) in [5.41, 5.74) is -1.95. The number of hydrogen-bond acceptors (Lipinski definition) is 4. The minimum absolute atomic E-state index is 0.220. The molecule has 0 aliphatic rings. The molecule has 0 atom stereocenters. The van der Waals surface area contributed by atoms with Crippen molar-refractivity contribution in [2.75, 3.05) is 6.61 Å². The van der Waals surface area contributed by atoms with Gasteiger partial charge in [0.25, 0.3) is 0 Å². The first kappa shape index (κ1) is 18.9. The highest BCUT2D eigenvalue weighted by atomic mass is 19.4. The Morgan fingerprint density at radius 2 is 1.70 bits per heavy atom. The van der Waals surface area contributed by atoms with Gasteiger partial charge < -0.3 is 9.47 Å². The summed E-state index contributed by atoms with van der Waals surface area (Å²) in [5, 5.41) is 0. The molecule has 1 aromatic carbocycles. The van der Waals surface area contributed by atoms with E-state index in [1.807, 2.05) is 0 Å². The quantitative estimate of drug-likeness (QED) is 0.564. The fourth-order valence-electron chi connectivity index (χ4n) is 1.69. The number of halogens is 4. The standard InChI is InChI=1S/C15H16F4O4/c1-2-8-22-13(20)6-7-14(21)23-9-10-11(15(17,18)19)4-3-5-12(10)16/h3-5H,2,6-9H2,1H3. The molecule has 0 spiro atoms. The summed E-state index contributed by atoms with van der Waals surface area (Å²) in [7, 11) is 0. The lowest BCUT2D eigenvalue weighted by atomic mass is 10.1. The van der Waals surface area contributed by atoms with E-state index < -0.39 is 41.7 Å². The lowest BCUT2D eigenvalue weighted by Gasteiger charge is -2.13. The van der Waals surface area contributed by atoms with Crippen LogP contribution in [0.3, 0.4) is 0 Å². The summed E-state index contributed by atoms with van der Waals surface area (Å²) in [6, 6.07) is 2.47. The number of carbonyl (C=O) groups is 2. The molecule has 0 aliphatic heterocycles. The van der Waals surface area contributed by atoms with Crippen molar-refractivity contribution in [1.82, 2.24) is 0 Å². The van der Waals surface area contributed by atoms with Crippen molar-refractivity contribution in [2.24, 2.45) is 0 Å². The Labute approximate surface area is 130 Å². The molecule has 128 valence electrons. The van der Waals surface area contributed by atoms with Crippen LogP contribution in [0.25, 0.3) is 0 Å². The molecule has 0 radical (unpaired) electrons. The molecule has 4 nitrogen and oxygen atoms in total. The van der Waals surface area contributed by atoms with E-state index in [4.69, 9.17) is 4.74 Å². The van der Waals surface area contributed by atoms with Gasteiger partial charge in [-0.3, -0.25) is 9.59 Å². The molecule has 0 unspecified atom stereocenters. The number of alkyl halides is 3. The molecular weight excluding hydrogens is 320 g/mol. The molecular formula is C15H16F4O4. The van der Waals surface area contributed by atoms with E-state index in [9.17, 15) is 27.2 Å². The van der Waals surface area contributed by atoms with E-state index in [2.05, 4.69) is 4.74 Å². The van der Waals surface area contributed by atoms with Gasteiger partial charge in [0.1, 0.15) is 12.4 Å². The molecule has 0 saturated heterocycles. The van der Waals surface area contributed by atoms with Crippen molar-refractivity contribution in [1.29, 1.82) is 0 Å². The Bertz CT molecular complexity index is 555. The molecule has 8 heteroatoms. The Kier molecular flexibility index (Phi) is 6.99. The summed E-state index contributed by atoms with van der Waals surface area (Å²) < 4.78 is 61.1. The highest BCUT2D eigenvalue weighted by molar-refractivity contribution is 5.77. The second kappa shape index (κ2) is 8.50. The van der Waals surface area contributed by atoms with Crippen LogP contribution in [0.2, 0.25) is 0 Å². The fourth-order valence-corrected chi connectivity index (χ4v) is 1.69. The van der Waals surface area contributed by atoms with Crippen LogP contribution in [0, 0.1) is 5.82 Å². The minimum atomic E-state index is -4.76. The molecule has 0 amide bonds. The summed E-state index contributed by atoms with van der Waals surface area (Å²) in [6.45, 7) is 1.16. The maximum atomic E-state index is 13.5. The van der Waals surface area contributed by atoms with Gasteiger partial charge in [-0.2, -0.15) is 13.2 Å². The van der Waals surface area contributed by atoms with Crippen LogP contribution < -0.4 is 0 Å². The van der Waals surface area contributed by atoms with Gasteiger partial charge in [-0.05, 0) is 18.6 Å². The van der Waals surface area contributed by atoms with E-state index in [-0.39, 0.29) is 19.4 Å². The molecule has 0 bridgehead atoms. The average Bonchev–Trinajstić information content (AvgIpc) is 2.48. The van der Waals surface area contributed by atoms with Gasteiger partial charge in [0.15, 0.2) is 0 Å². The van der Waals surface area contributed by atoms with Gasteiger partial charge in [-0.25, -0.2) is 4.39 Å². The maximum Gasteiger partial charge on any atom is 0.416 e. The van der Waals surface area contributed by atoms with Gasteiger partial charge in [-0.15, -0.1) is 0 Å². The van der Waals surface area contributed by atoms with Crippen LogP contribution in [-0.4, -0.2) is 18.5 Å². The first-order chi connectivity index (χ1) is 10.8. The summed E-state index contributed by atoms with van der Waals surface area (Å²) in [6.07, 6.45) is -4.72. The number of carbonyl (C=O) groups excluding carboxylic acids is 2. The molecule has 0 aromatic heterocycles. The van der Waals surface area contributed by atoms with Crippen LogP contribution in [0.1, 0.15) is 37.3 Å². The molecule has 0 heterocycles. The fraction of sp³-hybridized carbons (Fsp3) is 0.467. The smallest absolute Gasteiger partial charge is 0.416 e. The second-order valence-corrected chi connectivity index (χ2v) is 4.64. The van der Waals surface area contributed by atoms with Gasteiger partial charge >= 0.3 is 18.1 Å². The first-order valence-corrected chi connectivity index (χ1v) is 6.91. The van der Waals surface area contributed by atoms with Gasteiger partial charge in [0.05, 0.1) is 25.0 Å². The average molecular weight is 336 g/mol. The number of esters is 2. The third kappa shape index (κ3) is 6.25. The van der Waals surface area contributed by atoms with Crippen LogP contribution >= 0.6 is 0 Å². The zero-order valence-corrected chi connectivity index (χ0v) is 12.4. The highest BCUT2D eigenvalue weighted by Crippen LogP contribution is 2.33. The van der Waals surface area contributed by atoms with Gasteiger partial charge in [0, 0.05) is 5.56 Å². The van der Waals surface area contributed by atoms with Crippen LogP contribution in [-0.2, 0) is 31.8 Å². The molecule has 0 aliphatic carbocycles. The molecule has 1 aromatic rings. The number of rotatable bonds is 7. The molecule has 1 rings (SSSR count). The number of ether oxygens (including phenoxy) is 2. The molecule has 23 heavy (non-hydrogen) atoms. The molecule has 0 fully saturated rings. The Balaban J connectivity index is 2.58. The summed E-state index contributed by atoms with van der Waals surface area (Å²) in [5.74, 6) is -2.63. The van der Waals surface area contributed by atoms with Crippen molar-refractivity contribution < 1.29 is 36.6 Å². The van der Waals surface area contributed by atoms with Crippen LogP contribution in [0.15, 0.2) is 18.2 Å². The monoisotopic (exact) mass is 336 g/mol. The summed E-state index contributed by atoms with van der Waals surface area (Å²) in [4.78, 5) is 22.6. The van der Waals surface area contributed by atoms with E-state index in [0.29, 0.717) is 12.5 Å². The van der Waals surface area contributed by atoms with E-state index in [1.54, 1.807) is 6.92 Å². The third-order valence-electron chi connectivity index (χ3n) is 2.80. The Morgan fingerprint density at radius 3 is 2.26 bits per heavy atom. The van der Waals surface area contributed by atoms with Crippen molar-refractivity contribution in [2.45, 2.75) is 39.0 Å². The lowest BCUT2D eigenvalue weighted by molar-refractivity contribution is -0.152. The zero-order chi connectivity index (χ0) is 17.5.